The molecule has 1 aromatic heterocycles. The van der Waals surface area contributed by atoms with Gasteiger partial charge in [-0.25, -0.2) is 4.79 Å². The number of nitrogens with zero attached hydrogens (tertiary/aromatic N) is 2. The monoisotopic (exact) mass is 767 g/mol. The highest BCUT2D eigenvalue weighted by atomic mass is 79.9. The molecule has 1 fully saturated rings. The topological polar surface area (TPSA) is 133 Å². The number of nitrogen functional groups attached to an aromatic ring is 1. The van der Waals surface area contributed by atoms with Gasteiger partial charge in [0.15, 0.2) is 0 Å². The number of aliphatic hydroxyl groups is 1. The number of hydrogen-bond acceptors (Lipinski definition) is 9. The van der Waals surface area contributed by atoms with Crippen LogP contribution < -0.4 is 10.5 Å². The van der Waals surface area contributed by atoms with Crippen LogP contribution in [0.4, 0.5) is 5.69 Å². The number of carbonyl (C=O) groups excluding carboxylic acids is 3. The summed E-state index contributed by atoms with van der Waals surface area (Å²) in [4.78, 5) is 42.0. The quantitative estimate of drug-likeness (QED) is 0.108. The Balaban J connectivity index is 1.21. The molecule has 1 heterocycles. The molecule has 0 bridgehead atoms. The molecule has 3 N–H and O–H groups in total. The van der Waals surface area contributed by atoms with Crippen LogP contribution in [0.15, 0.2) is 59.1 Å². The van der Waals surface area contributed by atoms with Crippen molar-refractivity contribution in [3.05, 3.63) is 92.0 Å². The van der Waals surface area contributed by atoms with Gasteiger partial charge in [0.25, 0.3) is 5.91 Å². The third-order valence-electron chi connectivity index (χ3n) is 9.32. The van der Waals surface area contributed by atoms with E-state index in [1.54, 1.807) is 66.1 Å². The normalized spacial score (nSPS) is 14.1. The lowest BCUT2D eigenvalue weighted by Crippen LogP contribution is -2.36. The van der Waals surface area contributed by atoms with Gasteiger partial charge >= 0.3 is 11.9 Å². The Bertz CT molecular complexity index is 1850. The summed E-state index contributed by atoms with van der Waals surface area (Å²) in [7, 11) is 1.54. The lowest BCUT2D eigenvalue weighted by atomic mass is 9.93. The van der Waals surface area contributed by atoms with E-state index < -0.39 is 18.0 Å². The number of anilines is 1. The number of aliphatic hydroxyl groups excluding tert-OH is 1. The predicted octanol–water partition coefficient (Wildman–Crippen LogP) is 7.10. The van der Waals surface area contributed by atoms with Crippen LogP contribution in [0.5, 0.6) is 5.75 Å². The molecule has 5 rings (SSSR count). The smallest absolute Gasteiger partial charge is 0.338 e. The van der Waals surface area contributed by atoms with Crippen molar-refractivity contribution in [3.8, 4) is 5.75 Å². The van der Waals surface area contributed by atoms with Crippen LogP contribution in [0, 0.1) is 6.92 Å². The van der Waals surface area contributed by atoms with Gasteiger partial charge in [0.05, 0.1) is 30.3 Å². The Hall–Kier alpha value is -3.90. The molecule has 1 aliphatic rings. The molecule has 0 amide bonds. The predicted molar refractivity (Wildman–Crippen MR) is 197 cm³/mol. The summed E-state index contributed by atoms with van der Waals surface area (Å²) in [6, 6.07) is 15.7. The van der Waals surface area contributed by atoms with Gasteiger partial charge in [-0.1, -0.05) is 37.8 Å². The average Bonchev–Trinajstić information content (AvgIpc) is 3.39. The number of hydrogen-bond donors (Lipinski definition) is 2. The van der Waals surface area contributed by atoms with Gasteiger partial charge in [-0.2, -0.15) is 0 Å². The van der Waals surface area contributed by atoms with Crippen LogP contribution in [-0.2, 0) is 27.2 Å². The highest BCUT2D eigenvalue weighted by molar-refractivity contribution is 9.10. The summed E-state index contributed by atoms with van der Waals surface area (Å²) >= 11 is 9.51. The number of benzene rings is 3. The molecule has 1 saturated carbocycles. The van der Waals surface area contributed by atoms with Crippen molar-refractivity contribution in [2.75, 3.05) is 32.6 Å². The van der Waals surface area contributed by atoms with E-state index in [1.165, 1.54) is 26.4 Å². The molecule has 0 radical (unpaired) electrons. The maximum atomic E-state index is 13.6. The summed E-state index contributed by atoms with van der Waals surface area (Å²) < 4.78 is 18.3. The van der Waals surface area contributed by atoms with E-state index in [-0.39, 0.29) is 25.5 Å². The maximum Gasteiger partial charge on any atom is 0.338 e. The number of esters is 2. The third kappa shape index (κ3) is 8.69. The van der Waals surface area contributed by atoms with Gasteiger partial charge in [-0.15, -0.1) is 0 Å². The molecule has 0 saturated heterocycles. The number of aromatic nitrogens is 1. The molecule has 12 heteroatoms. The van der Waals surface area contributed by atoms with Crippen molar-refractivity contribution in [2.24, 2.45) is 0 Å². The summed E-state index contributed by atoms with van der Waals surface area (Å²) in [6.07, 6.45) is 4.59. The number of rotatable bonds is 13. The summed E-state index contributed by atoms with van der Waals surface area (Å²) in [6.45, 7) is 4.61. The molecule has 4 aromatic rings. The van der Waals surface area contributed by atoms with Crippen LogP contribution in [0.3, 0.4) is 0 Å². The van der Waals surface area contributed by atoms with E-state index in [4.69, 9.17) is 31.5 Å². The van der Waals surface area contributed by atoms with Gasteiger partial charge in [-0.3, -0.25) is 19.1 Å². The molecule has 1 unspecified atom stereocenters. The minimum Gasteiger partial charge on any atom is -0.497 e. The van der Waals surface area contributed by atoms with Crippen LogP contribution in [-0.4, -0.2) is 71.4 Å². The first kappa shape index (κ1) is 37.4. The Kier molecular flexibility index (Phi) is 12.6. The fourth-order valence-corrected chi connectivity index (χ4v) is 7.20. The van der Waals surface area contributed by atoms with E-state index >= 15 is 0 Å². The molecule has 0 aliphatic heterocycles. The van der Waals surface area contributed by atoms with Crippen molar-refractivity contribution < 1.29 is 33.7 Å². The second-order valence-corrected chi connectivity index (χ2v) is 13.9. The molecule has 10 nitrogen and oxygen atoms in total. The molecule has 1 aliphatic carbocycles. The highest BCUT2D eigenvalue weighted by Crippen LogP contribution is 2.32. The Labute approximate surface area is 305 Å². The first-order chi connectivity index (χ1) is 24.0. The van der Waals surface area contributed by atoms with Crippen molar-refractivity contribution in [3.63, 3.8) is 0 Å². The molecular formula is C38H43BrClN3O7. The average molecular weight is 769 g/mol. The third-order valence-corrected chi connectivity index (χ3v) is 10.2. The molecular weight excluding hydrogens is 726 g/mol. The van der Waals surface area contributed by atoms with Crippen LogP contribution in [0.25, 0.3) is 10.9 Å². The van der Waals surface area contributed by atoms with Crippen LogP contribution in [0.2, 0.25) is 5.02 Å². The number of carbonyl (C=O) groups is 3. The van der Waals surface area contributed by atoms with Crippen molar-refractivity contribution in [1.29, 1.82) is 0 Å². The second kappa shape index (κ2) is 16.9. The van der Waals surface area contributed by atoms with E-state index in [2.05, 4.69) is 27.8 Å². The van der Waals surface area contributed by atoms with Crippen molar-refractivity contribution in [1.82, 2.24) is 9.47 Å². The number of methoxy groups -OCH3 is 1. The molecule has 50 heavy (non-hydrogen) atoms. The number of ether oxygens (including phenoxy) is 3. The van der Waals surface area contributed by atoms with Crippen LogP contribution in [0.1, 0.15) is 76.6 Å². The lowest BCUT2D eigenvalue weighted by Gasteiger charge is -2.34. The first-order valence-electron chi connectivity index (χ1n) is 16.8. The zero-order chi connectivity index (χ0) is 35.9. The van der Waals surface area contributed by atoms with Gasteiger partial charge < -0.3 is 25.1 Å². The van der Waals surface area contributed by atoms with Gasteiger partial charge in [0, 0.05) is 38.7 Å². The van der Waals surface area contributed by atoms with Crippen molar-refractivity contribution in [2.45, 2.75) is 71.1 Å². The number of fused-ring (bicyclic) bond motifs is 1. The van der Waals surface area contributed by atoms with E-state index in [0.29, 0.717) is 66.8 Å². The largest absolute Gasteiger partial charge is 0.497 e. The zero-order valence-corrected chi connectivity index (χ0v) is 30.9. The Morgan fingerprint density at radius 1 is 1.02 bits per heavy atom. The first-order valence-corrected chi connectivity index (χ1v) is 18.0. The minimum absolute atomic E-state index is 0.166. The zero-order valence-electron chi connectivity index (χ0n) is 28.5. The lowest BCUT2D eigenvalue weighted by molar-refractivity contribution is -0.146. The SMILES string of the molecule is CCN(Cc1cc(C(=O)OCC(O)COC(=O)Cc2c(C)n(C(=O)c3ccc(Cl)cc3)c3ccc(OC)cc23)cc(Br)c1N)C1CCCCC1. The second-order valence-electron chi connectivity index (χ2n) is 12.6. The van der Waals surface area contributed by atoms with Crippen LogP contribution >= 0.6 is 27.5 Å². The summed E-state index contributed by atoms with van der Waals surface area (Å²) in [5.74, 6) is -0.961. The van der Waals surface area contributed by atoms with E-state index in [1.807, 2.05) is 0 Å². The maximum absolute atomic E-state index is 13.6. The van der Waals surface area contributed by atoms with Gasteiger partial charge in [-0.05, 0) is 108 Å². The molecule has 266 valence electrons. The summed E-state index contributed by atoms with van der Waals surface area (Å²) in [5, 5.41) is 11.7. The van der Waals surface area contributed by atoms with Gasteiger partial charge in [0.2, 0.25) is 0 Å². The molecule has 1 atom stereocenters. The Morgan fingerprint density at radius 2 is 1.72 bits per heavy atom. The molecule has 0 spiro atoms. The molecule has 3 aromatic carbocycles. The standard InChI is InChI=1S/C38H43BrClN3O7/c1-4-42(28-8-6-5-7-9-28)20-26-16-25(17-33(39)36(26)41)38(47)50-22-29(44)21-49-35(45)19-31-23(2)43(34-15-14-30(48-3)18-32(31)34)37(46)24-10-12-27(40)13-11-24/h10-18,28-29,44H,4-9,19-22,41H2,1-3H3. The Morgan fingerprint density at radius 3 is 2.40 bits per heavy atom. The van der Waals surface area contributed by atoms with Crippen molar-refractivity contribution >= 4 is 62.0 Å². The number of halogens is 2. The van der Waals surface area contributed by atoms with E-state index in [9.17, 15) is 19.5 Å². The fraction of sp³-hybridized carbons (Fsp3) is 0.395. The highest BCUT2D eigenvalue weighted by Gasteiger charge is 2.25. The fourth-order valence-electron chi connectivity index (χ4n) is 6.57. The van der Waals surface area contributed by atoms with E-state index in [0.717, 1.165) is 24.9 Å². The van der Waals surface area contributed by atoms with Gasteiger partial charge in [0.1, 0.15) is 25.1 Å². The minimum atomic E-state index is -1.25. The number of nitrogens with two attached hydrogens (primary N) is 1. The summed E-state index contributed by atoms with van der Waals surface area (Å²) in [5.41, 5.74) is 10.3.